The number of amides is 1. The highest BCUT2D eigenvalue weighted by molar-refractivity contribution is 5.96. The number of aliphatic carboxylic acids is 1. The number of likely N-dealkylation sites (N-methyl/N-ethyl adjacent to an activating group) is 1. The number of hydrogen-bond donors (Lipinski definition) is 1. The molecule has 5 nitrogen and oxygen atoms in total. The van der Waals surface area contributed by atoms with Crippen molar-refractivity contribution in [2.24, 2.45) is 7.05 Å². The molecule has 104 valence electrons. The van der Waals surface area contributed by atoms with Crippen molar-refractivity contribution >= 4 is 11.9 Å². The molecule has 0 unspecified atom stereocenters. The fourth-order valence-corrected chi connectivity index (χ4v) is 2.88. The van der Waals surface area contributed by atoms with E-state index in [9.17, 15) is 14.7 Å². The van der Waals surface area contributed by atoms with Crippen LogP contribution in [0, 0.1) is 0 Å². The van der Waals surface area contributed by atoms with Gasteiger partial charge in [0, 0.05) is 20.3 Å². The van der Waals surface area contributed by atoms with Crippen molar-refractivity contribution < 1.29 is 14.7 Å². The van der Waals surface area contributed by atoms with Gasteiger partial charge in [0.1, 0.15) is 11.2 Å². The van der Waals surface area contributed by atoms with E-state index < -0.39 is 11.5 Å². The van der Waals surface area contributed by atoms with Crippen LogP contribution in [0.5, 0.6) is 0 Å². The lowest BCUT2D eigenvalue weighted by Crippen LogP contribution is -2.56. The zero-order valence-corrected chi connectivity index (χ0v) is 11.4. The average Bonchev–Trinajstić information content (AvgIpc) is 2.84. The summed E-state index contributed by atoms with van der Waals surface area (Å²) < 4.78 is 1.72. The fraction of sp³-hybridized carbons (Fsp3) is 0.571. The maximum absolute atomic E-state index is 12.5. The number of carbonyl (C=O) groups excluding carboxylic acids is 1. The SMILES string of the molecule is CN(C(=O)c1cccn1C)C1(C(=O)O)CCCCC1. The molecule has 1 saturated carbocycles. The van der Waals surface area contributed by atoms with Crippen molar-refractivity contribution in [3.63, 3.8) is 0 Å². The molecule has 1 aliphatic carbocycles. The molecular formula is C14H20N2O3. The van der Waals surface area contributed by atoms with Crippen LogP contribution in [-0.4, -0.2) is 39.0 Å². The monoisotopic (exact) mass is 264 g/mol. The predicted octanol–water partition coefficient (Wildman–Crippen LogP) is 1.88. The second-order valence-corrected chi connectivity index (χ2v) is 5.27. The van der Waals surface area contributed by atoms with Crippen molar-refractivity contribution in [2.75, 3.05) is 7.05 Å². The first-order valence-electron chi connectivity index (χ1n) is 6.62. The molecule has 1 aliphatic rings. The van der Waals surface area contributed by atoms with Gasteiger partial charge in [0.05, 0.1) is 0 Å². The van der Waals surface area contributed by atoms with E-state index in [1.54, 1.807) is 37.0 Å². The highest BCUT2D eigenvalue weighted by atomic mass is 16.4. The molecule has 5 heteroatoms. The molecule has 19 heavy (non-hydrogen) atoms. The van der Waals surface area contributed by atoms with Crippen molar-refractivity contribution in [3.8, 4) is 0 Å². The number of carbonyl (C=O) groups is 2. The maximum Gasteiger partial charge on any atom is 0.329 e. The third-order valence-electron chi connectivity index (χ3n) is 4.19. The summed E-state index contributed by atoms with van der Waals surface area (Å²) in [4.78, 5) is 25.6. The normalized spacial score (nSPS) is 18.0. The van der Waals surface area contributed by atoms with Crippen molar-refractivity contribution in [3.05, 3.63) is 24.0 Å². The van der Waals surface area contributed by atoms with Gasteiger partial charge in [-0.1, -0.05) is 19.3 Å². The standard InChI is InChI=1S/C14H20N2O3/c1-15-10-6-7-11(15)12(17)16(2)14(13(18)19)8-4-3-5-9-14/h6-7,10H,3-5,8-9H2,1-2H3,(H,18,19). The molecule has 1 aromatic rings. The zero-order chi connectivity index (χ0) is 14.0. The molecule has 0 saturated heterocycles. The number of aryl methyl sites for hydroxylation is 1. The summed E-state index contributed by atoms with van der Waals surface area (Å²) in [5.74, 6) is -1.12. The topological polar surface area (TPSA) is 62.5 Å². The summed E-state index contributed by atoms with van der Waals surface area (Å²) in [7, 11) is 3.39. The first-order valence-corrected chi connectivity index (χ1v) is 6.62. The van der Waals surface area contributed by atoms with Crippen LogP contribution in [0.25, 0.3) is 0 Å². The number of carboxylic acid groups (broad SMARTS) is 1. The summed E-state index contributed by atoms with van der Waals surface area (Å²) in [6.07, 6.45) is 5.62. The Morgan fingerprint density at radius 1 is 1.32 bits per heavy atom. The molecule has 1 fully saturated rings. The van der Waals surface area contributed by atoms with Gasteiger partial charge in [-0.05, 0) is 25.0 Å². The number of hydrogen-bond acceptors (Lipinski definition) is 2. The molecule has 0 bridgehead atoms. The first kappa shape index (κ1) is 13.6. The molecule has 0 atom stereocenters. The van der Waals surface area contributed by atoms with Crippen LogP contribution in [0.1, 0.15) is 42.6 Å². The molecule has 1 aromatic heterocycles. The lowest BCUT2D eigenvalue weighted by molar-refractivity contribution is -0.151. The highest BCUT2D eigenvalue weighted by Gasteiger charge is 2.45. The predicted molar refractivity (Wildman–Crippen MR) is 71.0 cm³/mol. The van der Waals surface area contributed by atoms with Crippen LogP contribution in [-0.2, 0) is 11.8 Å². The molecule has 1 amide bonds. The first-order chi connectivity index (χ1) is 8.99. The molecular weight excluding hydrogens is 244 g/mol. The molecule has 1 N–H and O–H groups in total. The van der Waals surface area contributed by atoms with Gasteiger partial charge in [0.25, 0.3) is 5.91 Å². The fourth-order valence-electron chi connectivity index (χ4n) is 2.88. The lowest BCUT2D eigenvalue weighted by Gasteiger charge is -2.40. The minimum Gasteiger partial charge on any atom is -0.479 e. The van der Waals surface area contributed by atoms with Gasteiger partial charge in [-0.25, -0.2) is 4.79 Å². The zero-order valence-electron chi connectivity index (χ0n) is 11.4. The second-order valence-electron chi connectivity index (χ2n) is 5.27. The van der Waals surface area contributed by atoms with Gasteiger partial charge in [-0.15, -0.1) is 0 Å². The van der Waals surface area contributed by atoms with Gasteiger partial charge in [-0.3, -0.25) is 4.79 Å². The van der Waals surface area contributed by atoms with E-state index in [0.717, 1.165) is 19.3 Å². The van der Waals surface area contributed by atoms with Gasteiger partial charge in [0.2, 0.25) is 0 Å². The van der Waals surface area contributed by atoms with Crippen LogP contribution in [0.2, 0.25) is 0 Å². The number of nitrogens with zero attached hydrogens (tertiary/aromatic N) is 2. The molecule has 1 heterocycles. The van der Waals surface area contributed by atoms with Gasteiger partial charge in [-0.2, -0.15) is 0 Å². The average molecular weight is 264 g/mol. The van der Waals surface area contributed by atoms with Crippen LogP contribution < -0.4 is 0 Å². The molecule has 2 rings (SSSR count). The van der Waals surface area contributed by atoms with E-state index in [4.69, 9.17) is 0 Å². The smallest absolute Gasteiger partial charge is 0.329 e. The van der Waals surface area contributed by atoms with E-state index in [-0.39, 0.29) is 5.91 Å². The highest BCUT2D eigenvalue weighted by Crippen LogP contribution is 2.34. The summed E-state index contributed by atoms with van der Waals surface area (Å²) in [5.41, 5.74) is -0.520. The Labute approximate surface area is 112 Å². The van der Waals surface area contributed by atoms with Crippen LogP contribution >= 0.6 is 0 Å². The number of aromatic nitrogens is 1. The van der Waals surface area contributed by atoms with E-state index in [0.29, 0.717) is 18.5 Å². The van der Waals surface area contributed by atoms with E-state index in [1.807, 2.05) is 0 Å². The van der Waals surface area contributed by atoms with Crippen molar-refractivity contribution in [2.45, 2.75) is 37.6 Å². The summed E-state index contributed by atoms with van der Waals surface area (Å²) in [5, 5.41) is 9.57. The third-order valence-corrected chi connectivity index (χ3v) is 4.19. The molecule has 0 radical (unpaired) electrons. The van der Waals surface area contributed by atoms with E-state index in [1.165, 1.54) is 4.90 Å². The Morgan fingerprint density at radius 2 is 1.95 bits per heavy atom. The van der Waals surface area contributed by atoms with Gasteiger partial charge < -0.3 is 14.6 Å². The van der Waals surface area contributed by atoms with Crippen molar-refractivity contribution in [1.29, 1.82) is 0 Å². The van der Waals surface area contributed by atoms with E-state index >= 15 is 0 Å². The Morgan fingerprint density at radius 3 is 2.42 bits per heavy atom. The lowest BCUT2D eigenvalue weighted by atomic mass is 9.80. The van der Waals surface area contributed by atoms with Crippen LogP contribution in [0.3, 0.4) is 0 Å². The summed E-state index contributed by atoms with van der Waals surface area (Å²) in [6.45, 7) is 0. The third kappa shape index (κ3) is 2.25. The Bertz CT molecular complexity index is 487. The van der Waals surface area contributed by atoms with Crippen LogP contribution in [0.4, 0.5) is 0 Å². The van der Waals surface area contributed by atoms with Crippen LogP contribution in [0.15, 0.2) is 18.3 Å². The Balaban J connectivity index is 2.30. The van der Waals surface area contributed by atoms with Gasteiger partial charge >= 0.3 is 5.97 Å². The van der Waals surface area contributed by atoms with Gasteiger partial charge in [0.15, 0.2) is 0 Å². The summed E-state index contributed by atoms with van der Waals surface area (Å²) >= 11 is 0. The summed E-state index contributed by atoms with van der Waals surface area (Å²) in [6, 6.07) is 3.51. The minimum absolute atomic E-state index is 0.225. The second kappa shape index (κ2) is 5.07. The quantitative estimate of drug-likeness (QED) is 0.906. The number of rotatable bonds is 3. The Hall–Kier alpha value is -1.78. The minimum atomic E-state index is -1.04. The Kier molecular flexibility index (Phi) is 3.64. The molecule has 0 spiro atoms. The van der Waals surface area contributed by atoms with E-state index in [2.05, 4.69) is 0 Å². The van der Waals surface area contributed by atoms with Crippen molar-refractivity contribution in [1.82, 2.24) is 9.47 Å². The number of carboxylic acids is 1. The molecule has 0 aliphatic heterocycles. The largest absolute Gasteiger partial charge is 0.479 e. The molecule has 0 aromatic carbocycles. The maximum atomic E-state index is 12.5.